The quantitative estimate of drug-likeness (QED) is 0.694. The number of halogens is 1. The number of aromatic nitrogens is 3. The van der Waals surface area contributed by atoms with Crippen LogP contribution >= 0.6 is 23.4 Å². The zero-order valence-corrected chi connectivity index (χ0v) is 17.8. The zero-order chi connectivity index (χ0) is 20.4. The van der Waals surface area contributed by atoms with E-state index in [9.17, 15) is 4.79 Å². The highest BCUT2D eigenvalue weighted by atomic mass is 35.5. The van der Waals surface area contributed by atoms with Crippen molar-refractivity contribution < 1.29 is 4.79 Å². The summed E-state index contributed by atoms with van der Waals surface area (Å²) in [6, 6.07) is 7.31. The first kappa shape index (κ1) is 20.0. The Balaban J connectivity index is 1.40. The molecule has 1 aliphatic carbocycles. The second kappa shape index (κ2) is 8.64. The summed E-state index contributed by atoms with van der Waals surface area (Å²) in [5, 5.41) is 21.7. The maximum atomic E-state index is 12.4. The minimum atomic E-state index is -0.144. The molecule has 1 aliphatic heterocycles. The number of carbonyl (C=O) groups is 1. The molecule has 1 aromatic heterocycles. The second-order valence-corrected chi connectivity index (χ2v) is 9.05. The molecule has 1 N–H and O–H groups in total. The van der Waals surface area contributed by atoms with E-state index in [1.807, 2.05) is 6.07 Å². The second-order valence-electron chi connectivity index (χ2n) is 7.70. The van der Waals surface area contributed by atoms with Gasteiger partial charge in [0.2, 0.25) is 11.9 Å². The van der Waals surface area contributed by atoms with Crippen molar-refractivity contribution in [2.45, 2.75) is 43.8 Å². The van der Waals surface area contributed by atoms with Gasteiger partial charge in [-0.25, -0.2) is 0 Å². The fourth-order valence-corrected chi connectivity index (χ4v) is 4.48. The van der Waals surface area contributed by atoms with Crippen molar-refractivity contribution in [3.8, 4) is 6.07 Å². The number of anilines is 2. The van der Waals surface area contributed by atoms with Crippen molar-refractivity contribution in [2.75, 3.05) is 29.1 Å². The lowest BCUT2D eigenvalue weighted by Crippen LogP contribution is -2.34. The number of hydrogen-bond acceptors (Lipinski definition) is 6. The maximum absolute atomic E-state index is 12.4. The number of benzene rings is 1. The number of rotatable bonds is 6. The van der Waals surface area contributed by atoms with Crippen molar-refractivity contribution >= 4 is 40.9 Å². The summed E-state index contributed by atoms with van der Waals surface area (Å²) in [5.41, 5.74) is 0.961. The van der Waals surface area contributed by atoms with E-state index < -0.39 is 0 Å². The van der Waals surface area contributed by atoms with E-state index in [0.29, 0.717) is 22.3 Å². The molecule has 0 bridgehead atoms. The molecule has 1 amide bonds. The Labute approximate surface area is 179 Å². The fraction of sp³-hybridized carbons (Fsp3) is 0.500. The topological polar surface area (TPSA) is 86.8 Å². The number of nitrogens with one attached hydrogen (secondary N) is 1. The van der Waals surface area contributed by atoms with E-state index in [2.05, 4.69) is 31.9 Å². The predicted octanol–water partition coefficient (Wildman–Crippen LogP) is 4.11. The number of piperidine rings is 1. The van der Waals surface area contributed by atoms with Gasteiger partial charge in [0.25, 0.3) is 0 Å². The molecule has 2 fully saturated rings. The molecule has 7 nitrogen and oxygen atoms in total. The average molecular weight is 431 g/mol. The minimum Gasteiger partial charge on any atom is -0.341 e. The summed E-state index contributed by atoms with van der Waals surface area (Å²) in [7, 11) is 0. The molecule has 0 radical (unpaired) electrons. The van der Waals surface area contributed by atoms with Crippen LogP contribution in [0.15, 0.2) is 23.4 Å². The Kier molecular flexibility index (Phi) is 5.97. The number of nitriles is 1. The number of carbonyl (C=O) groups excluding carboxylic acids is 1. The van der Waals surface area contributed by atoms with Crippen LogP contribution in [0.4, 0.5) is 11.6 Å². The first-order chi connectivity index (χ1) is 14.0. The van der Waals surface area contributed by atoms with Crippen molar-refractivity contribution in [3.05, 3.63) is 28.8 Å². The van der Waals surface area contributed by atoms with Gasteiger partial charge in [-0.15, -0.1) is 10.2 Å². The van der Waals surface area contributed by atoms with Gasteiger partial charge in [0.15, 0.2) is 5.16 Å². The Morgan fingerprint density at radius 3 is 2.72 bits per heavy atom. The monoisotopic (exact) mass is 430 g/mol. The van der Waals surface area contributed by atoms with Crippen LogP contribution in [0.3, 0.4) is 0 Å². The van der Waals surface area contributed by atoms with E-state index in [0.717, 1.165) is 43.0 Å². The van der Waals surface area contributed by atoms with Crippen LogP contribution in [0.1, 0.15) is 44.2 Å². The average Bonchev–Trinajstić information content (AvgIpc) is 3.46. The SMILES string of the molecule is CC1CCN(c2nnc(SCC(=O)Nc3ccc(C#N)c(Cl)c3)n2C2CC2)CC1. The van der Waals surface area contributed by atoms with Crippen LogP contribution in [0, 0.1) is 17.2 Å². The maximum Gasteiger partial charge on any atom is 0.234 e. The third-order valence-corrected chi connectivity index (χ3v) is 6.59. The van der Waals surface area contributed by atoms with Crippen LogP contribution in [0.25, 0.3) is 0 Å². The third kappa shape index (κ3) is 4.68. The number of thioether (sulfide) groups is 1. The lowest BCUT2D eigenvalue weighted by molar-refractivity contribution is -0.113. The highest BCUT2D eigenvalue weighted by Gasteiger charge is 2.32. The Hall–Kier alpha value is -2.24. The van der Waals surface area contributed by atoms with Crippen LogP contribution in [0.5, 0.6) is 0 Å². The van der Waals surface area contributed by atoms with Gasteiger partial charge in [0, 0.05) is 24.8 Å². The Morgan fingerprint density at radius 1 is 1.31 bits per heavy atom. The van der Waals surface area contributed by atoms with E-state index >= 15 is 0 Å². The molecule has 0 spiro atoms. The summed E-state index contributed by atoms with van der Waals surface area (Å²) in [5.74, 6) is 1.80. The van der Waals surface area contributed by atoms with Crippen molar-refractivity contribution in [1.29, 1.82) is 5.26 Å². The molecule has 9 heteroatoms. The van der Waals surface area contributed by atoms with Crippen molar-refractivity contribution in [1.82, 2.24) is 14.8 Å². The third-order valence-electron chi connectivity index (χ3n) is 5.33. The first-order valence-electron chi connectivity index (χ1n) is 9.87. The van der Waals surface area contributed by atoms with Gasteiger partial charge < -0.3 is 10.2 Å². The largest absolute Gasteiger partial charge is 0.341 e. The number of amides is 1. The van der Waals surface area contributed by atoms with Crippen LogP contribution in [-0.4, -0.2) is 39.5 Å². The van der Waals surface area contributed by atoms with E-state index in [4.69, 9.17) is 16.9 Å². The standard InChI is InChI=1S/C20H23ClN6OS/c1-13-6-8-26(9-7-13)19-24-25-20(27(19)16-4-5-16)29-12-18(28)23-15-3-2-14(11-22)17(21)10-15/h2-3,10,13,16H,4-9,12H2,1H3,(H,23,28). The van der Waals surface area contributed by atoms with Gasteiger partial charge >= 0.3 is 0 Å². The molecule has 1 saturated carbocycles. The van der Waals surface area contributed by atoms with Gasteiger partial charge in [0.1, 0.15) is 6.07 Å². The molecule has 152 valence electrons. The summed E-state index contributed by atoms with van der Waals surface area (Å²) in [6.07, 6.45) is 4.63. The normalized spacial score (nSPS) is 17.2. The van der Waals surface area contributed by atoms with Crippen LogP contribution in [0.2, 0.25) is 5.02 Å². The van der Waals surface area contributed by atoms with Gasteiger partial charge in [-0.3, -0.25) is 9.36 Å². The predicted molar refractivity (Wildman–Crippen MR) is 114 cm³/mol. The molecule has 1 aromatic carbocycles. The lowest BCUT2D eigenvalue weighted by atomic mass is 10.00. The van der Waals surface area contributed by atoms with Crippen LogP contribution in [-0.2, 0) is 4.79 Å². The summed E-state index contributed by atoms with van der Waals surface area (Å²) < 4.78 is 2.21. The Morgan fingerprint density at radius 2 is 2.07 bits per heavy atom. The van der Waals surface area contributed by atoms with Gasteiger partial charge in [-0.05, 0) is 49.8 Å². The summed E-state index contributed by atoms with van der Waals surface area (Å²) in [6.45, 7) is 4.32. The molecule has 1 saturated heterocycles. The van der Waals surface area contributed by atoms with E-state index in [1.165, 1.54) is 24.6 Å². The van der Waals surface area contributed by atoms with Gasteiger partial charge in [-0.1, -0.05) is 30.3 Å². The minimum absolute atomic E-state index is 0.144. The van der Waals surface area contributed by atoms with Crippen molar-refractivity contribution in [2.24, 2.45) is 5.92 Å². The van der Waals surface area contributed by atoms with E-state index in [-0.39, 0.29) is 11.7 Å². The molecule has 29 heavy (non-hydrogen) atoms. The zero-order valence-electron chi connectivity index (χ0n) is 16.3. The number of hydrogen-bond donors (Lipinski definition) is 1. The van der Waals surface area contributed by atoms with Crippen molar-refractivity contribution in [3.63, 3.8) is 0 Å². The first-order valence-corrected chi connectivity index (χ1v) is 11.2. The molecular formula is C20H23ClN6OS. The highest BCUT2D eigenvalue weighted by molar-refractivity contribution is 7.99. The van der Waals surface area contributed by atoms with Crippen LogP contribution < -0.4 is 10.2 Å². The lowest BCUT2D eigenvalue weighted by Gasteiger charge is -2.31. The van der Waals surface area contributed by atoms with Gasteiger partial charge in [-0.2, -0.15) is 5.26 Å². The number of nitrogens with zero attached hydrogens (tertiary/aromatic N) is 5. The summed E-state index contributed by atoms with van der Waals surface area (Å²) in [4.78, 5) is 14.7. The smallest absolute Gasteiger partial charge is 0.234 e. The fourth-order valence-electron chi connectivity index (χ4n) is 3.45. The molecule has 0 unspecified atom stereocenters. The molecule has 0 atom stereocenters. The molecule has 2 aliphatic rings. The van der Waals surface area contributed by atoms with E-state index in [1.54, 1.807) is 18.2 Å². The molecular weight excluding hydrogens is 408 g/mol. The summed E-state index contributed by atoms with van der Waals surface area (Å²) >= 11 is 7.43. The highest BCUT2D eigenvalue weighted by Crippen LogP contribution is 2.41. The van der Waals surface area contributed by atoms with Gasteiger partial charge in [0.05, 0.1) is 16.3 Å². The Bertz CT molecular complexity index is 943. The molecule has 2 heterocycles. The molecule has 2 aromatic rings. The molecule has 4 rings (SSSR count).